The normalized spacial score (nSPS) is 18.0. The van der Waals surface area contributed by atoms with E-state index in [1.54, 1.807) is 0 Å². The topological polar surface area (TPSA) is 62.5 Å². The number of carboxylic acid groups (broad SMARTS) is 1. The van der Waals surface area contributed by atoms with Crippen molar-refractivity contribution in [1.82, 2.24) is 9.47 Å². The summed E-state index contributed by atoms with van der Waals surface area (Å²) >= 11 is 6.06. The van der Waals surface area contributed by atoms with Gasteiger partial charge in [0.25, 0.3) is 0 Å². The van der Waals surface area contributed by atoms with Crippen LogP contribution in [0.1, 0.15) is 25.7 Å². The van der Waals surface area contributed by atoms with Gasteiger partial charge in [0.2, 0.25) is 5.91 Å². The van der Waals surface area contributed by atoms with Crippen LogP contribution in [0, 0.1) is 5.92 Å². The smallest absolute Gasteiger partial charge is 0.303 e. The van der Waals surface area contributed by atoms with Gasteiger partial charge in [-0.2, -0.15) is 0 Å². The van der Waals surface area contributed by atoms with E-state index in [4.69, 9.17) is 16.7 Å². The molecule has 2 heterocycles. The van der Waals surface area contributed by atoms with Crippen molar-refractivity contribution in [2.75, 3.05) is 13.1 Å². The average Bonchev–Trinajstić information content (AvgIpc) is 2.95. The van der Waals surface area contributed by atoms with Crippen LogP contribution in [0.25, 0.3) is 10.9 Å². The lowest BCUT2D eigenvalue weighted by atomic mass is 9.93. The molecule has 1 unspecified atom stereocenters. The molecule has 0 spiro atoms. The molecule has 5 nitrogen and oxygen atoms in total. The second-order valence-electron chi connectivity index (χ2n) is 6.43. The first-order valence-corrected chi connectivity index (χ1v) is 8.64. The lowest BCUT2D eigenvalue weighted by Crippen LogP contribution is -2.41. The number of likely N-dealkylation sites (tertiary alicyclic amines) is 1. The minimum Gasteiger partial charge on any atom is -0.481 e. The Kier molecular flexibility index (Phi) is 5.09. The van der Waals surface area contributed by atoms with Gasteiger partial charge in [-0.15, -0.1) is 0 Å². The van der Waals surface area contributed by atoms with Crippen LogP contribution in [-0.2, 0) is 16.1 Å². The summed E-state index contributed by atoms with van der Waals surface area (Å²) in [6.45, 7) is 1.70. The fraction of sp³-hybridized carbons (Fsp3) is 0.444. The minimum absolute atomic E-state index is 0.0764. The molecule has 0 radical (unpaired) electrons. The molecule has 1 N–H and O–H groups in total. The number of amides is 1. The lowest BCUT2D eigenvalue weighted by molar-refractivity contribution is -0.137. The molecule has 0 bridgehead atoms. The zero-order valence-electron chi connectivity index (χ0n) is 13.4. The van der Waals surface area contributed by atoms with E-state index in [-0.39, 0.29) is 24.8 Å². The van der Waals surface area contributed by atoms with Crippen molar-refractivity contribution >= 4 is 34.4 Å². The van der Waals surface area contributed by atoms with Crippen molar-refractivity contribution in [3.8, 4) is 0 Å². The highest BCUT2D eigenvalue weighted by Crippen LogP contribution is 2.23. The van der Waals surface area contributed by atoms with Gasteiger partial charge in [0, 0.05) is 36.2 Å². The maximum atomic E-state index is 12.6. The molecule has 1 fully saturated rings. The summed E-state index contributed by atoms with van der Waals surface area (Å²) in [7, 11) is 0. The van der Waals surface area contributed by atoms with E-state index >= 15 is 0 Å². The Balaban J connectivity index is 1.65. The quantitative estimate of drug-likeness (QED) is 0.900. The highest BCUT2D eigenvalue weighted by molar-refractivity contribution is 6.31. The number of carbonyl (C=O) groups is 2. The molecule has 1 saturated heterocycles. The van der Waals surface area contributed by atoms with Crippen LogP contribution < -0.4 is 0 Å². The fourth-order valence-corrected chi connectivity index (χ4v) is 3.56. The minimum atomic E-state index is -0.769. The largest absolute Gasteiger partial charge is 0.481 e. The van der Waals surface area contributed by atoms with Crippen LogP contribution in [0.2, 0.25) is 5.02 Å². The first kappa shape index (κ1) is 16.8. The molecular formula is C18H21ClN2O3. The van der Waals surface area contributed by atoms with Crippen LogP contribution >= 0.6 is 11.6 Å². The molecule has 1 atom stereocenters. The van der Waals surface area contributed by atoms with E-state index in [1.165, 1.54) is 0 Å². The van der Waals surface area contributed by atoms with Crippen LogP contribution in [-0.4, -0.2) is 39.5 Å². The molecule has 24 heavy (non-hydrogen) atoms. The molecule has 128 valence electrons. The van der Waals surface area contributed by atoms with Crippen LogP contribution in [0.5, 0.6) is 0 Å². The number of nitrogens with zero attached hydrogens (tertiary/aromatic N) is 2. The van der Waals surface area contributed by atoms with E-state index < -0.39 is 5.97 Å². The van der Waals surface area contributed by atoms with Gasteiger partial charge in [0.05, 0.1) is 0 Å². The molecule has 1 aliphatic rings. The second-order valence-corrected chi connectivity index (χ2v) is 6.86. The number of aliphatic carboxylic acids is 1. The molecule has 6 heteroatoms. The van der Waals surface area contributed by atoms with E-state index in [0.29, 0.717) is 18.0 Å². The molecule has 1 aromatic carbocycles. The number of piperidine rings is 1. The Bertz CT molecular complexity index is 756. The third-order valence-electron chi connectivity index (χ3n) is 4.68. The highest BCUT2D eigenvalue weighted by Gasteiger charge is 2.24. The number of carboxylic acids is 1. The van der Waals surface area contributed by atoms with E-state index in [0.717, 1.165) is 30.3 Å². The first-order chi connectivity index (χ1) is 11.5. The third-order valence-corrected chi connectivity index (χ3v) is 4.91. The lowest BCUT2D eigenvalue weighted by Gasteiger charge is -2.32. The Morgan fingerprint density at radius 1 is 1.29 bits per heavy atom. The summed E-state index contributed by atoms with van der Waals surface area (Å²) in [5.74, 6) is -0.406. The number of benzene rings is 1. The Morgan fingerprint density at radius 3 is 2.92 bits per heavy atom. The van der Waals surface area contributed by atoms with Crippen LogP contribution in [0.4, 0.5) is 0 Å². The second kappa shape index (κ2) is 7.26. The van der Waals surface area contributed by atoms with Gasteiger partial charge in [-0.05, 0) is 48.8 Å². The van der Waals surface area contributed by atoms with Crippen LogP contribution in [0.15, 0.2) is 30.5 Å². The predicted octanol–water partition coefficient (Wildman–Crippen LogP) is 3.40. The summed E-state index contributed by atoms with van der Waals surface area (Å²) in [6, 6.07) is 7.63. The number of carbonyl (C=O) groups excluding carboxylic acids is 1. The van der Waals surface area contributed by atoms with Crippen molar-refractivity contribution in [3.63, 3.8) is 0 Å². The Hall–Kier alpha value is -2.01. The van der Waals surface area contributed by atoms with Gasteiger partial charge >= 0.3 is 5.97 Å². The summed E-state index contributed by atoms with van der Waals surface area (Å²) in [5.41, 5.74) is 0.954. The molecule has 0 aliphatic carbocycles. The molecule has 1 aromatic heterocycles. The zero-order chi connectivity index (χ0) is 17.1. The van der Waals surface area contributed by atoms with Crippen molar-refractivity contribution in [2.24, 2.45) is 5.92 Å². The number of aromatic nitrogens is 1. The van der Waals surface area contributed by atoms with Gasteiger partial charge in [0.1, 0.15) is 6.54 Å². The predicted molar refractivity (Wildman–Crippen MR) is 93.1 cm³/mol. The van der Waals surface area contributed by atoms with Gasteiger partial charge < -0.3 is 14.6 Å². The maximum Gasteiger partial charge on any atom is 0.303 e. The Morgan fingerprint density at radius 2 is 2.12 bits per heavy atom. The van der Waals surface area contributed by atoms with Crippen molar-refractivity contribution < 1.29 is 14.7 Å². The van der Waals surface area contributed by atoms with Crippen molar-refractivity contribution in [3.05, 3.63) is 35.5 Å². The molecule has 1 aliphatic heterocycles. The standard InChI is InChI=1S/C18H21ClN2O3/c19-15-5-4-14-7-9-20(16(14)10-15)12-17(22)21-8-1-2-13(11-21)3-6-18(23)24/h4-5,7,9-10,13H,1-3,6,8,11-12H2,(H,23,24). The number of rotatable bonds is 5. The SMILES string of the molecule is O=C(O)CCC1CCCN(C(=O)Cn2ccc3ccc(Cl)cc32)C1. The molecule has 1 amide bonds. The van der Waals surface area contributed by atoms with Crippen molar-refractivity contribution in [2.45, 2.75) is 32.2 Å². The number of fused-ring (bicyclic) bond motifs is 1. The molecular weight excluding hydrogens is 328 g/mol. The maximum absolute atomic E-state index is 12.6. The monoisotopic (exact) mass is 348 g/mol. The molecule has 2 aromatic rings. The first-order valence-electron chi connectivity index (χ1n) is 8.27. The van der Waals surface area contributed by atoms with Crippen LogP contribution in [0.3, 0.4) is 0 Å². The third kappa shape index (κ3) is 3.90. The highest BCUT2D eigenvalue weighted by atomic mass is 35.5. The fourth-order valence-electron chi connectivity index (χ4n) is 3.40. The average molecular weight is 349 g/mol. The summed E-state index contributed by atoms with van der Waals surface area (Å²) in [5, 5.41) is 10.5. The zero-order valence-corrected chi connectivity index (χ0v) is 14.2. The number of hydrogen-bond acceptors (Lipinski definition) is 2. The summed E-state index contributed by atoms with van der Waals surface area (Å²) in [4.78, 5) is 25.2. The summed E-state index contributed by atoms with van der Waals surface area (Å²) < 4.78 is 1.92. The van der Waals surface area contributed by atoms with Crippen molar-refractivity contribution in [1.29, 1.82) is 0 Å². The van der Waals surface area contributed by atoms with E-state index in [9.17, 15) is 9.59 Å². The Labute approximate surface area is 145 Å². The van der Waals surface area contributed by atoms with Gasteiger partial charge in [-0.25, -0.2) is 0 Å². The molecule has 3 rings (SSSR count). The van der Waals surface area contributed by atoms with Gasteiger partial charge in [-0.3, -0.25) is 9.59 Å². The van der Waals surface area contributed by atoms with Gasteiger partial charge in [0.15, 0.2) is 0 Å². The van der Waals surface area contributed by atoms with Gasteiger partial charge in [-0.1, -0.05) is 17.7 Å². The number of halogens is 1. The number of hydrogen-bond donors (Lipinski definition) is 1. The van der Waals surface area contributed by atoms with E-state index in [1.807, 2.05) is 39.9 Å². The summed E-state index contributed by atoms with van der Waals surface area (Å²) in [6.07, 6.45) is 4.66. The van der Waals surface area contributed by atoms with E-state index in [2.05, 4.69) is 0 Å². The molecule has 0 saturated carbocycles.